The molecule has 3 atom stereocenters. The predicted molar refractivity (Wildman–Crippen MR) is 116 cm³/mol. The summed E-state index contributed by atoms with van der Waals surface area (Å²) in [5, 5.41) is 19.1. The van der Waals surface area contributed by atoms with Crippen LogP contribution in [-0.2, 0) is 9.59 Å². The lowest BCUT2D eigenvalue weighted by Gasteiger charge is -2.29. The van der Waals surface area contributed by atoms with Crippen LogP contribution in [0.15, 0.2) is 24.3 Å². The number of amides is 1. The fourth-order valence-corrected chi connectivity index (χ4v) is 4.44. The number of hydrogen-bond donors (Lipinski definition) is 2. The van der Waals surface area contributed by atoms with Crippen LogP contribution in [-0.4, -0.2) is 77.8 Å². The number of carbonyl (C=O) groups is 2. The second kappa shape index (κ2) is 11.9. The zero-order valence-electron chi connectivity index (χ0n) is 18.4. The molecule has 0 saturated carbocycles. The first-order valence-corrected chi connectivity index (χ1v) is 11.0. The number of ether oxygens (including phenoxy) is 1. The lowest BCUT2D eigenvalue weighted by molar-refractivity contribution is -0.143. The van der Waals surface area contributed by atoms with Gasteiger partial charge in [0, 0.05) is 38.2 Å². The molecule has 1 heterocycles. The first-order valence-electron chi connectivity index (χ1n) is 11.0. The Balaban J connectivity index is 2.19. The lowest BCUT2D eigenvalue weighted by Crippen LogP contribution is -2.44. The highest BCUT2D eigenvalue weighted by atomic mass is 16.5. The van der Waals surface area contributed by atoms with Gasteiger partial charge in [0.15, 0.2) is 0 Å². The van der Waals surface area contributed by atoms with E-state index < -0.39 is 11.9 Å². The number of aliphatic hydroxyl groups is 1. The van der Waals surface area contributed by atoms with Gasteiger partial charge in [0.25, 0.3) is 0 Å². The fraction of sp³-hybridized carbons (Fsp3) is 0.652. The first-order chi connectivity index (χ1) is 14.5. The Bertz CT molecular complexity index is 671. The molecule has 1 aliphatic heterocycles. The van der Waals surface area contributed by atoms with Crippen molar-refractivity contribution in [2.45, 2.75) is 51.5 Å². The second-order valence-electron chi connectivity index (χ2n) is 7.96. The SMILES string of the molecule is CCCCN(CCCO)C(=O)CN1C[C@H](c2ccc(OC)cc2)[C@@H](C(=O)O)[C@@H]1CC. The highest BCUT2D eigenvalue weighted by Gasteiger charge is 2.46. The molecule has 0 radical (unpaired) electrons. The molecular formula is C23H36N2O5. The number of aliphatic carboxylic acids is 1. The van der Waals surface area contributed by atoms with Gasteiger partial charge >= 0.3 is 5.97 Å². The summed E-state index contributed by atoms with van der Waals surface area (Å²) >= 11 is 0. The molecule has 1 aromatic carbocycles. The maximum Gasteiger partial charge on any atom is 0.308 e. The number of nitrogens with zero attached hydrogens (tertiary/aromatic N) is 2. The molecule has 2 N–H and O–H groups in total. The van der Waals surface area contributed by atoms with E-state index in [1.807, 2.05) is 41.0 Å². The summed E-state index contributed by atoms with van der Waals surface area (Å²) < 4.78 is 5.22. The molecule has 1 fully saturated rings. The number of likely N-dealkylation sites (tertiary alicyclic amines) is 1. The van der Waals surface area contributed by atoms with Crippen LogP contribution in [0.2, 0.25) is 0 Å². The maximum absolute atomic E-state index is 13.0. The predicted octanol–water partition coefficient (Wildman–Crippen LogP) is 2.58. The number of carbonyl (C=O) groups excluding carboxylic acids is 1. The zero-order valence-corrected chi connectivity index (χ0v) is 18.4. The van der Waals surface area contributed by atoms with Crippen molar-refractivity contribution in [2.75, 3.05) is 39.9 Å². The minimum Gasteiger partial charge on any atom is -0.497 e. The van der Waals surface area contributed by atoms with E-state index in [2.05, 4.69) is 6.92 Å². The zero-order chi connectivity index (χ0) is 22.1. The molecule has 168 valence electrons. The van der Waals surface area contributed by atoms with Crippen LogP contribution < -0.4 is 4.74 Å². The average molecular weight is 421 g/mol. The number of rotatable bonds is 12. The average Bonchev–Trinajstić information content (AvgIpc) is 3.12. The van der Waals surface area contributed by atoms with Crippen LogP contribution in [0.4, 0.5) is 0 Å². The van der Waals surface area contributed by atoms with Crippen molar-refractivity contribution in [1.29, 1.82) is 0 Å². The molecule has 0 unspecified atom stereocenters. The molecule has 7 nitrogen and oxygen atoms in total. The van der Waals surface area contributed by atoms with Gasteiger partial charge in [-0.25, -0.2) is 0 Å². The third kappa shape index (κ3) is 5.95. The molecule has 1 saturated heterocycles. The highest BCUT2D eigenvalue weighted by Crippen LogP contribution is 2.39. The van der Waals surface area contributed by atoms with Crippen molar-refractivity contribution in [1.82, 2.24) is 9.80 Å². The number of benzene rings is 1. The smallest absolute Gasteiger partial charge is 0.308 e. The van der Waals surface area contributed by atoms with E-state index in [4.69, 9.17) is 9.84 Å². The van der Waals surface area contributed by atoms with Crippen LogP contribution in [0.3, 0.4) is 0 Å². The quantitative estimate of drug-likeness (QED) is 0.540. The molecule has 2 rings (SSSR count). The Morgan fingerprint density at radius 3 is 2.37 bits per heavy atom. The Morgan fingerprint density at radius 1 is 1.17 bits per heavy atom. The molecule has 0 aromatic heterocycles. The summed E-state index contributed by atoms with van der Waals surface area (Å²) in [5.74, 6) is -0.806. The van der Waals surface area contributed by atoms with Gasteiger partial charge in [-0.1, -0.05) is 32.4 Å². The van der Waals surface area contributed by atoms with Gasteiger partial charge in [0.2, 0.25) is 5.91 Å². The van der Waals surface area contributed by atoms with Crippen LogP contribution in [0, 0.1) is 5.92 Å². The number of unbranched alkanes of at least 4 members (excludes halogenated alkanes) is 1. The summed E-state index contributed by atoms with van der Waals surface area (Å²) in [6.45, 7) is 6.07. The van der Waals surface area contributed by atoms with Crippen molar-refractivity contribution in [2.24, 2.45) is 5.92 Å². The number of aliphatic hydroxyl groups excluding tert-OH is 1. The lowest BCUT2D eigenvalue weighted by atomic mass is 9.84. The molecule has 1 aliphatic rings. The summed E-state index contributed by atoms with van der Waals surface area (Å²) in [6.07, 6.45) is 3.13. The normalized spacial score (nSPS) is 21.5. The summed E-state index contributed by atoms with van der Waals surface area (Å²) in [6, 6.07) is 7.36. The Hall–Kier alpha value is -2.12. The summed E-state index contributed by atoms with van der Waals surface area (Å²) in [5.41, 5.74) is 0.958. The van der Waals surface area contributed by atoms with Gasteiger partial charge in [0.05, 0.1) is 19.6 Å². The minimum atomic E-state index is -0.819. The van der Waals surface area contributed by atoms with Crippen LogP contribution >= 0.6 is 0 Å². The number of carboxylic acid groups (broad SMARTS) is 1. The van der Waals surface area contributed by atoms with E-state index in [0.29, 0.717) is 32.5 Å². The monoisotopic (exact) mass is 420 g/mol. The van der Waals surface area contributed by atoms with Crippen molar-refractivity contribution in [3.05, 3.63) is 29.8 Å². The van der Waals surface area contributed by atoms with Gasteiger partial charge in [-0.15, -0.1) is 0 Å². The van der Waals surface area contributed by atoms with Crippen molar-refractivity contribution >= 4 is 11.9 Å². The molecule has 1 amide bonds. The Labute approximate surface area is 179 Å². The summed E-state index contributed by atoms with van der Waals surface area (Å²) in [4.78, 5) is 29.0. The van der Waals surface area contributed by atoms with Crippen molar-refractivity contribution in [3.63, 3.8) is 0 Å². The van der Waals surface area contributed by atoms with Gasteiger partial charge in [-0.3, -0.25) is 14.5 Å². The van der Waals surface area contributed by atoms with Gasteiger partial charge in [-0.05, 0) is 37.0 Å². The third-order valence-electron chi connectivity index (χ3n) is 6.05. The third-order valence-corrected chi connectivity index (χ3v) is 6.05. The van der Waals surface area contributed by atoms with Crippen LogP contribution in [0.25, 0.3) is 0 Å². The number of carboxylic acids is 1. The molecule has 30 heavy (non-hydrogen) atoms. The molecule has 0 aliphatic carbocycles. The molecular weight excluding hydrogens is 384 g/mol. The van der Waals surface area contributed by atoms with Gasteiger partial charge in [0.1, 0.15) is 5.75 Å². The standard InChI is InChI=1S/C23H36N2O5/c1-4-6-12-24(13-7-14-26)21(27)16-25-15-19(22(23(28)29)20(25)5-2)17-8-10-18(30-3)11-9-17/h8-11,19-20,22,26H,4-7,12-16H2,1-3H3,(H,28,29)/t19-,20+,22-/m1/s1. The second-order valence-corrected chi connectivity index (χ2v) is 7.96. The van der Waals surface area contributed by atoms with E-state index in [9.17, 15) is 14.7 Å². The van der Waals surface area contributed by atoms with Gasteiger partial charge < -0.3 is 19.8 Å². The minimum absolute atomic E-state index is 0.00914. The van der Waals surface area contributed by atoms with Crippen LogP contribution in [0.5, 0.6) is 5.75 Å². The van der Waals surface area contributed by atoms with E-state index in [1.165, 1.54) is 0 Å². The van der Waals surface area contributed by atoms with Crippen LogP contribution in [0.1, 0.15) is 51.0 Å². The van der Waals surface area contributed by atoms with Gasteiger partial charge in [-0.2, -0.15) is 0 Å². The molecule has 7 heteroatoms. The van der Waals surface area contributed by atoms with Crippen molar-refractivity contribution < 1.29 is 24.5 Å². The first kappa shape index (κ1) is 24.2. The Kier molecular flexibility index (Phi) is 9.59. The number of hydrogen-bond acceptors (Lipinski definition) is 5. The van der Waals surface area contributed by atoms with Crippen molar-refractivity contribution in [3.8, 4) is 5.75 Å². The topological polar surface area (TPSA) is 90.3 Å². The van der Waals surface area contributed by atoms with E-state index in [0.717, 1.165) is 24.2 Å². The van der Waals surface area contributed by atoms with E-state index in [1.54, 1.807) is 7.11 Å². The fourth-order valence-electron chi connectivity index (χ4n) is 4.44. The summed E-state index contributed by atoms with van der Waals surface area (Å²) in [7, 11) is 1.60. The molecule has 1 aromatic rings. The molecule has 0 bridgehead atoms. The van der Waals surface area contributed by atoms with E-state index in [-0.39, 0.29) is 31.0 Å². The maximum atomic E-state index is 13.0. The largest absolute Gasteiger partial charge is 0.497 e. The molecule has 0 spiro atoms. The van der Waals surface area contributed by atoms with E-state index >= 15 is 0 Å². The highest BCUT2D eigenvalue weighted by molar-refractivity contribution is 5.79. The Morgan fingerprint density at radius 2 is 1.83 bits per heavy atom. The number of methoxy groups -OCH3 is 1.